The van der Waals surface area contributed by atoms with Crippen LogP contribution in [0.2, 0.25) is 0 Å². The number of carbonyl (C=O) groups is 2. The number of methoxy groups -OCH3 is 1. The number of amides is 1. The molecule has 2 aromatic rings. The molecule has 3 rings (SSSR count). The van der Waals surface area contributed by atoms with Crippen molar-refractivity contribution in [1.82, 2.24) is 9.97 Å². The summed E-state index contributed by atoms with van der Waals surface area (Å²) in [6.07, 6.45) is 0.129. The highest BCUT2D eigenvalue weighted by molar-refractivity contribution is 6.45. The van der Waals surface area contributed by atoms with Crippen LogP contribution < -0.4 is 11.1 Å². The molecule has 8 nitrogen and oxygen atoms in total. The van der Waals surface area contributed by atoms with Crippen LogP contribution in [0.1, 0.15) is 24.6 Å². The van der Waals surface area contributed by atoms with Crippen molar-refractivity contribution in [1.29, 1.82) is 0 Å². The van der Waals surface area contributed by atoms with Gasteiger partial charge in [0, 0.05) is 30.9 Å². The molecule has 1 fully saturated rings. The summed E-state index contributed by atoms with van der Waals surface area (Å²) in [6.45, 7) is -1.00. The quantitative estimate of drug-likeness (QED) is 0.365. The van der Waals surface area contributed by atoms with E-state index in [-0.39, 0.29) is 41.4 Å². The molecular weight excluding hydrogens is 448 g/mol. The number of hydrogen-bond donors (Lipinski definition) is 2. The predicted octanol–water partition coefficient (Wildman–Crippen LogP) is 2.91. The second-order valence-corrected chi connectivity index (χ2v) is 7.27. The van der Waals surface area contributed by atoms with Crippen molar-refractivity contribution in [3.05, 3.63) is 53.6 Å². The first-order valence-electron chi connectivity index (χ1n) is 9.71. The van der Waals surface area contributed by atoms with Gasteiger partial charge in [0.2, 0.25) is 5.78 Å². The molecule has 1 aliphatic rings. The number of carbonyl (C=O) groups excluding carboxylic acids is 2. The Balaban J connectivity index is 2.04. The number of ketones is 1. The number of anilines is 1. The molecule has 1 amide bonds. The smallest absolute Gasteiger partial charge is 0.296 e. The Labute approximate surface area is 185 Å². The van der Waals surface area contributed by atoms with E-state index in [2.05, 4.69) is 15.3 Å². The fourth-order valence-electron chi connectivity index (χ4n) is 3.20. The SMILES string of the molecule is COCC(N)=CC(=O)C(=O)Nc1c(-c2cc(F)ccc2F)ncnc1C1CCC(F)(F)CO1. The Morgan fingerprint density at radius 3 is 2.76 bits per heavy atom. The predicted molar refractivity (Wildman–Crippen MR) is 108 cm³/mol. The molecule has 1 aromatic heterocycles. The maximum Gasteiger partial charge on any atom is 0.296 e. The molecule has 12 heteroatoms. The summed E-state index contributed by atoms with van der Waals surface area (Å²) in [4.78, 5) is 32.7. The van der Waals surface area contributed by atoms with Gasteiger partial charge in [0.15, 0.2) is 0 Å². The fourth-order valence-corrected chi connectivity index (χ4v) is 3.20. The number of aromatic nitrogens is 2. The number of ether oxygens (including phenoxy) is 2. The highest BCUT2D eigenvalue weighted by Crippen LogP contribution is 2.40. The first kappa shape index (κ1) is 24.3. The van der Waals surface area contributed by atoms with Crippen molar-refractivity contribution in [3.63, 3.8) is 0 Å². The minimum Gasteiger partial charge on any atom is -0.400 e. The number of rotatable bonds is 7. The lowest BCUT2D eigenvalue weighted by molar-refractivity contribution is -0.146. The molecule has 1 unspecified atom stereocenters. The van der Waals surface area contributed by atoms with Crippen LogP contribution in [0.15, 0.2) is 36.3 Å². The summed E-state index contributed by atoms with van der Waals surface area (Å²) < 4.78 is 65.4. The van der Waals surface area contributed by atoms with E-state index in [1.165, 1.54) is 7.11 Å². The summed E-state index contributed by atoms with van der Waals surface area (Å²) in [5.41, 5.74) is 4.62. The van der Waals surface area contributed by atoms with Crippen molar-refractivity contribution >= 4 is 17.4 Å². The van der Waals surface area contributed by atoms with Gasteiger partial charge in [0.1, 0.15) is 36.4 Å². The van der Waals surface area contributed by atoms with Crippen molar-refractivity contribution in [2.24, 2.45) is 5.73 Å². The first-order valence-corrected chi connectivity index (χ1v) is 9.71. The van der Waals surface area contributed by atoms with Crippen molar-refractivity contribution < 1.29 is 36.6 Å². The van der Waals surface area contributed by atoms with Gasteiger partial charge >= 0.3 is 0 Å². The van der Waals surface area contributed by atoms with E-state index in [1.54, 1.807) is 0 Å². The molecule has 0 bridgehead atoms. The molecular formula is C21H20F4N4O4. The van der Waals surface area contributed by atoms with E-state index in [0.29, 0.717) is 0 Å². The molecule has 176 valence electrons. The zero-order valence-corrected chi connectivity index (χ0v) is 17.4. The molecule has 0 spiro atoms. The monoisotopic (exact) mass is 468 g/mol. The maximum absolute atomic E-state index is 14.5. The molecule has 0 saturated carbocycles. The van der Waals surface area contributed by atoms with Crippen LogP contribution in [0, 0.1) is 11.6 Å². The van der Waals surface area contributed by atoms with Gasteiger partial charge in [0.05, 0.1) is 18.0 Å². The van der Waals surface area contributed by atoms with Crippen molar-refractivity contribution in [2.45, 2.75) is 24.9 Å². The van der Waals surface area contributed by atoms with Crippen LogP contribution in [0.3, 0.4) is 0 Å². The highest BCUT2D eigenvalue weighted by atomic mass is 19.3. The largest absolute Gasteiger partial charge is 0.400 e. The molecule has 1 saturated heterocycles. The Morgan fingerprint density at radius 1 is 1.33 bits per heavy atom. The summed E-state index contributed by atoms with van der Waals surface area (Å²) in [6, 6.07) is 2.58. The Hall–Kier alpha value is -3.38. The number of nitrogens with zero attached hydrogens (tertiary/aromatic N) is 2. The van der Waals surface area contributed by atoms with E-state index in [1.807, 2.05) is 0 Å². The Morgan fingerprint density at radius 2 is 2.09 bits per heavy atom. The number of alkyl halides is 2. The molecule has 3 N–H and O–H groups in total. The molecule has 1 atom stereocenters. The summed E-state index contributed by atoms with van der Waals surface area (Å²) in [5, 5.41) is 2.28. The summed E-state index contributed by atoms with van der Waals surface area (Å²) in [5.74, 6) is -6.96. The van der Waals surface area contributed by atoms with Crippen LogP contribution in [-0.2, 0) is 19.1 Å². The molecule has 0 radical (unpaired) electrons. The Kier molecular flexibility index (Phi) is 7.39. The molecule has 33 heavy (non-hydrogen) atoms. The number of benzene rings is 1. The lowest BCUT2D eigenvalue weighted by Crippen LogP contribution is -2.32. The molecule has 0 aliphatic carbocycles. The van der Waals surface area contributed by atoms with Gasteiger partial charge < -0.3 is 20.5 Å². The first-order chi connectivity index (χ1) is 15.6. The average Bonchev–Trinajstić information content (AvgIpc) is 2.76. The van der Waals surface area contributed by atoms with Gasteiger partial charge in [-0.2, -0.15) is 0 Å². The van der Waals surface area contributed by atoms with Crippen LogP contribution in [0.4, 0.5) is 23.2 Å². The third-order valence-electron chi connectivity index (χ3n) is 4.72. The number of hydrogen-bond acceptors (Lipinski definition) is 7. The lowest BCUT2D eigenvalue weighted by Gasteiger charge is -2.29. The third kappa shape index (κ3) is 5.90. The fraction of sp³-hybridized carbons (Fsp3) is 0.333. The second kappa shape index (κ2) is 10.0. The standard InChI is InChI=1S/C21H20F4N4O4/c1-32-8-12(26)7-15(30)20(31)29-19-17(13-6-11(22)2-3-14(13)23)27-10-28-18(19)16-4-5-21(24,25)9-33-16/h2-3,6-7,10,16H,4-5,8-9,26H2,1H3,(H,29,31). The van der Waals surface area contributed by atoms with E-state index >= 15 is 0 Å². The zero-order chi connectivity index (χ0) is 24.2. The normalized spacial score (nSPS) is 18.1. The number of halogens is 4. The lowest BCUT2D eigenvalue weighted by atomic mass is 10.00. The summed E-state index contributed by atoms with van der Waals surface area (Å²) in [7, 11) is 1.34. The number of nitrogens with one attached hydrogen (secondary N) is 1. The molecule has 1 aromatic carbocycles. The van der Waals surface area contributed by atoms with Gasteiger partial charge in [0.25, 0.3) is 11.8 Å². The Bertz CT molecular complexity index is 1080. The van der Waals surface area contributed by atoms with Crippen LogP contribution in [0.25, 0.3) is 11.3 Å². The highest BCUT2D eigenvalue weighted by Gasteiger charge is 2.38. The van der Waals surface area contributed by atoms with Crippen LogP contribution >= 0.6 is 0 Å². The van der Waals surface area contributed by atoms with Crippen LogP contribution in [-0.4, -0.2) is 47.9 Å². The minimum atomic E-state index is -3.04. The summed E-state index contributed by atoms with van der Waals surface area (Å²) >= 11 is 0. The van der Waals surface area contributed by atoms with Gasteiger partial charge in [-0.25, -0.2) is 27.5 Å². The van der Waals surface area contributed by atoms with E-state index < -0.39 is 48.4 Å². The maximum atomic E-state index is 14.5. The van der Waals surface area contributed by atoms with E-state index in [4.69, 9.17) is 15.2 Å². The van der Waals surface area contributed by atoms with Gasteiger partial charge in [-0.1, -0.05) is 0 Å². The second-order valence-electron chi connectivity index (χ2n) is 7.27. The topological polar surface area (TPSA) is 116 Å². The van der Waals surface area contributed by atoms with Gasteiger partial charge in [-0.3, -0.25) is 9.59 Å². The van der Waals surface area contributed by atoms with Crippen molar-refractivity contribution in [2.75, 3.05) is 25.6 Å². The van der Waals surface area contributed by atoms with E-state index in [9.17, 15) is 27.2 Å². The zero-order valence-electron chi connectivity index (χ0n) is 17.4. The number of nitrogens with two attached hydrogens (primary N) is 1. The van der Waals surface area contributed by atoms with E-state index in [0.717, 1.165) is 30.6 Å². The van der Waals surface area contributed by atoms with Crippen LogP contribution in [0.5, 0.6) is 0 Å². The van der Waals surface area contributed by atoms with Gasteiger partial charge in [-0.05, 0) is 24.6 Å². The third-order valence-corrected chi connectivity index (χ3v) is 4.72. The molecule has 1 aliphatic heterocycles. The van der Waals surface area contributed by atoms with Crippen molar-refractivity contribution in [3.8, 4) is 11.3 Å². The average molecular weight is 468 g/mol. The minimum absolute atomic E-state index is 0.0311. The van der Waals surface area contributed by atoms with Gasteiger partial charge in [-0.15, -0.1) is 0 Å². The molecule has 2 heterocycles.